The number of hydrogen-bond acceptors (Lipinski definition) is 4. The number of amides is 1. The number of piperidine rings is 1. The third-order valence-corrected chi connectivity index (χ3v) is 6.26. The van der Waals surface area contributed by atoms with Gasteiger partial charge in [0.2, 0.25) is 11.8 Å². The van der Waals surface area contributed by atoms with Gasteiger partial charge in [-0.05, 0) is 49.2 Å². The van der Waals surface area contributed by atoms with Gasteiger partial charge in [0.1, 0.15) is 11.9 Å². The molecule has 1 aliphatic carbocycles. The number of fused-ring (bicyclic) bond motifs is 1. The number of carbonyl (C=O) groups excluding carboxylic acids is 1. The molecule has 0 radical (unpaired) electrons. The van der Waals surface area contributed by atoms with Crippen molar-refractivity contribution < 1.29 is 13.9 Å². The van der Waals surface area contributed by atoms with Gasteiger partial charge in [0, 0.05) is 43.1 Å². The highest BCUT2D eigenvalue weighted by atomic mass is 19.1. The molecule has 2 aliphatic heterocycles. The first-order valence-electron chi connectivity index (χ1n) is 9.49. The van der Waals surface area contributed by atoms with Gasteiger partial charge in [-0.2, -0.15) is 0 Å². The lowest BCUT2D eigenvalue weighted by Crippen LogP contribution is -2.32. The zero-order valence-electron chi connectivity index (χ0n) is 15.2. The Hall–Kier alpha value is -2.47. The van der Waals surface area contributed by atoms with E-state index in [1.54, 1.807) is 12.1 Å². The van der Waals surface area contributed by atoms with Crippen molar-refractivity contribution in [3.8, 4) is 17.1 Å². The molecule has 6 heteroatoms. The molecule has 5 nitrogen and oxygen atoms in total. The van der Waals surface area contributed by atoms with E-state index >= 15 is 0 Å². The lowest BCUT2D eigenvalue weighted by Gasteiger charge is -2.22. The number of halogens is 1. The van der Waals surface area contributed by atoms with E-state index in [4.69, 9.17) is 4.74 Å². The third kappa shape index (κ3) is 2.79. The van der Waals surface area contributed by atoms with E-state index < -0.39 is 5.41 Å². The Bertz CT molecular complexity index is 891. The van der Waals surface area contributed by atoms with Crippen LogP contribution in [0.2, 0.25) is 0 Å². The first-order valence-corrected chi connectivity index (χ1v) is 9.49. The van der Waals surface area contributed by atoms with Crippen LogP contribution in [-0.2, 0) is 10.2 Å². The number of nitrogens with one attached hydrogen (secondary N) is 2. The summed E-state index contributed by atoms with van der Waals surface area (Å²) in [6, 6.07) is 10.1. The summed E-state index contributed by atoms with van der Waals surface area (Å²) in [4.78, 5) is 17.1. The van der Waals surface area contributed by atoms with Crippen LogP contribution >= 0.6 is 0 Å². The fourth-order valence-electron chi connectivity index (χ4n) is 4.34. The van der Waals surface area contributed by atoms with E-state index in [0.717, 1.165) is 30.6 Å². The lowest BCUT2D eigenvalue weighted by molar-refractivity contribution is -0.123. The molecule has 1 aromatic carbocycles. The number of pyridine rings is 1. The van der Waals surface area contributed by atoms with E-state index in [0.29, 0.717) is 30.0 Å². The van der Waals surface area contributed by atoms with Crippen LogP contribution in [0, 0.1) is 17.7 Å². The van der Waals surface area contributed by atoms with E-state index in [1.807, 2.05) is 19.1 Å². The van der Waals surface area contributed by atoms with Gasteiger partial charge >= 0.3 is 0 Å². The predicted octanol–water partition coefficient (Wildman–Crippen LogP) is 2.26. The minimum atomic E-state index is -0.600. The summed E-state index contributed by atoms with van der Waals surface area (Å²) in [6.45, 7) is 4.59. The van der Waals surface area contributed by atoms with Crippen LogP contribution in [-0.4, -0.2) is 36.6 Å². The van der Waals surface area contributed by atoms with Crippen LogP contribution in [0.15, 0.2) is 36.4 Å². The largest absolute Gasteiger partial charge is 0.474 e. The standard InChI is InChI=1S/C21H22FN3O2/c1-21(6-7-24-20(21)26)13-8-17(12-2-4-14(22)5-3-12)25-18(9-13)27-19-15-10-23-11-16(15)19/h2-5,8-9,15-16,19,23H,6-7,10-11H2,1H3,(H,24,26)/t15-,16+,19-,21?. The van der Waals surface area contributed by atoms with Gasteiger partial charge in [0.25, 0.3) is 0 Å². The molecule has 3 heterocycles. The van der Waals surface area contributed by atoms with Crippen LogP contribution in [0.3, 0.4) is 0 Å². The molecule has 4 atom stereocenters. The molecule has 0 spiro atoms. The minimum Gasteiger partial charge on any atom is -0.474 e. The number of ether oxygens (including phenoxy) is 1. The van der Waals surface area contributed by atoms with Gasteiger partial charge in [-0.25, -0.2) is 9.37 Å². The fraction of sp³-hybridized carbons (Fsp3) is 0.429. The molecule has 140 valence electrons. The molecule has 27 heavy (non-hydrogen) atoms. The summed E-state index contributed by atoms with van der Waals surface area (Å²) in [7, 11) is 0. The number of rotatable bonds is 4. The third-order valence-electron chi connectivity index (χ3n) is 6.26. The van der Waals surface area contributed by atoms with Crippen molar-refractivity contribution >= 4 is 5.91 Å². The topological polar surface area (TPSA) is 63.2 Å². The highest BCUT2D eigenvalue weighted by molar-refractivity contribution is 5.90. The van der Waals surface area contributed by atoms with Crippen molar-refractivity contribution in [1.82, 2.24) is 15.6 Å². The molecule has 0 bridgehead atoms. The van der Waals surface area contributed by atoms with Gasteiger partial charge in [-0.3, -0.25) is 4.79 Å². The Morgan fingerprint density at radius 1 is 1.19 bits per heavy atom. The van der Waals surface area contributed by atoms with Gasteiger partial charge in [0.15, 0.2) is 0 Å². The maximum Gasteiger partial charge on any atom is 0.230 e. The first kappa shape index (κ1) is 16.7. The van der Waals surface area contributed by atoms with E-state index in [1.165, 1.54) is 12.1 Å². The average molecular weight is 367 g/mol. The van der Waals surface area contributed by atoms with Crippen LogP contribution in [0.25, 0.3) is 11.3 Å². The molecule has 2 saturated heterocycles. The van der Waals surface area contributed by atoms with E-state index in [-0.39, 0.29) is 17.8 Å². The maximum absolute atomic E-state index is 13.3. The monoisotopic (exact) mass is 367 g/mol. The highest BCUT2D eigenvalue weighted by Crippen LogP contribution is 2.45. The summed E-state index contributed by atoms with van der Waals surface area (Å²) in [5, 5.41) is 6.28. The molecule has 5 rings (SSSR count). The Morgan fingerprint density at radius 3 is 2.59 bits per heavy atom. The molecule has 2 N–H and O–H groups in total. The number of carbonyl (C=O) groups is 1. The summed E-state index contributed by atoms with van der Waals surface area (Å²) < 4.78 is 19.5. The molecular formula is C21H22FN3O2. The van der Waals surface area contributed by atoms with Crippen LogP contribution in [0.5, 0.6) is 5.88 Å². The molecule has 3 fully saturated rings. The average Bonchev–Trinajstić information content (AvgIpc) is 3.00. The predicted molar refractivity (Wildman–Crippen MR) is 98.9 cm³/mol. The Morgan fingerprint density at radius 2 is 1.93 bits per heavy atom. The van der Waals surface area contributed by atoms with Crippen molar-refractivity contribution in [3.05, 3.63) is 47.8 Å². The second-order valence-electron chi connectivity index (χ2n) is 7.99. The van der Waals surface area contributed by atoms with Crippen molar-refractivity contribution in [2.75, 3.05) is 19.6 Å². The van der Waals surface area contributed by atoms with Crippen molar-refractivity contribution in [1.29, 1.82) is 0 Å². The number of aromatic nitrogens is 1. The zero-order valence-corrected chi connectivity index (χ0v) is 15.2. The molecule has 3 aliphatic rings. The van der Waals surface area contributed by atoms with Gasteiger partial charge in [-0.15, -0.1) is 0 Å². The normalized spacial score (nSPS) is 31.5. The Labute approximate surface area is 157 Å². The minimum absolute atomic E-state index is 0.0252. The molecule has 1 amide bonds. The van der Waals surface area contributed by atoms with Gasteiger partial charge in [-0.1, -0.05) is 0 Å². The number of nitrogens with zero attached hydrogens (tertiary/aromatic N) is 1. The summed E-state index contributed by atoms with van der Waals surface area (Å²) >= 11 is 0. The summed E-state index contributed by atoms with van der Waals surface area (Å²) in [5.41, 5.74) is 1.80. The first-order chi connectivity index (χ1) is 13.0. The molecular weight excluding hydrogens is 345 g/mol. The SMILES string of the molecule is CC1(c2cc(O[C@@H]3[C@@H]4CNC[C@@H]43)nc(-c3ccc(F)cc3)c2)CCNC1=O. The smallest absolute Gasteiger partial charge is 0.230 e. The van der Waals surface area contributed by atoms with E-state index in [9.17, 15) is 9.18 Å². The quantitative estimate of drug-likeness (QED) is 0.870. The lowest BCUT2D eigenvalue weighted by atomic mass is 9.81. The maximum atomic E-state index is 13.3. The van der Waals surface area contributed by atoms with Crippen molar-refractivity contribution in [2.45, 2.75) is 24.9 Å². The highest BCUT2D eigenvalue weighted by Gasteiger charge is 2.55. The summed E-state index contributed by atoms with van der Waals surface area (Å²) in [5.74, 6) is 1.39. The molecule has 1 saturated carbocycles. The number of benzene rings is 1. The Kier molecular flexibility index (Phi) is 3.72. The zero-order chi connectivity index (χ0) is 18.6. The summed E-state index contributed by atoms with van der Waals surface area (Å²) in [6.07, 6.45) is 0.928. The Balaban J connectivity index is 1.53. The van der Waals surface area contributed by atoms with Crippen molar-refractivity contribution in [2.24, 2.45) is 11.8 Å². The molecule has 1 unspecified atom stereocenters. The van der Waals surface area contributed by atoms with Crippen LogP contribution < -0.4 is 15.4 Å². The van der Waals surface area contributed by atoms with Crippen LogP contribution in [0.4, 0.5) is 4.39 Å². The van der Waals surface area contributed by atoms with Crippen LogP contribution in [0.1, 0.15) is 18.9 Å². The second kappa shape index (κ2) is 6.02. The second-order valence-corrected chi connectivity index (χ2v) is 7.99. The molecule has 1 aromatic heterocycles. The van der Waals surface area contributed by atoms with Crippen molar-refractivity contribution in [3.63, 3.8) is 0 Å². The van der Waals surface area contributed by atoms with Gasteiger partial charge < -0.3 is 15.4 Å². The van der Waals surface area contributed by atoms with Gasteiger partial charge in [0.05, 0.1) is 11.1 Å². The number of hydrogen-bond donors (Lipinski definition) is 2. The van der Waals surface area contributed by atoms with E-state index in [2.05, 4.69) is 15.6 Å². The fourth-order valence-corrected chi connectivity index (χ4v) is 4.34. The molecule has 2 aromatic rings.